The van der Waals surface area contributed by atoms with Crippen LogP contribution in [-0.2, 0) is 17.9 Å². The molecule has 1 amide bonds. The highest BCUT2D eigenvalue weighted by Gasteiger charge is 2.13. The van der Waals surface area contributed by atoms with Crippen LogP contribution in [0.5, 0.6) is 0 Å². The molecule has 1 N–H and O–H groups in total. The summed E-state index contributed by atoms with van der Waals surface area (Å²) in [4.78, 5) is 38.3. The Bertz CT molecular complexity index is 1390. The summed E-state index contributed by atoms with van der Waals surface area (Å²) in [5.74, 6) is -0.498. The molecule has 0 saturated carbocycles. The van der Waals surface area contributed by atoms with Crippen molar-refractivity contribution in [2.45, 2.75) is 32.4 Å². The molecule has 0 aliphatic rings. The number of para-hydroxylation sites is 2. The number of unbranched alkanes of at least 4 members (excludes halogenated alkanes) is 1. The van der Waals surface area contributed by atoms with Crippen LogP contribution in [0.3, 0.4) is 0 Å². The fourth-order valence-electron chi connectivity index (χ4n) is 3.84. The topological polar surface area (TPSA) is 73.1 Å². The Hall–Kier alpha value is -4.00. The van der Waals surface area contributed by atoms with Crippen LogP contribution in [0.4, 0.5) is 10.1 Å². The molecule has 1 heterocycles. The molecule has 0 fully saturated rings. The van der Waals surface area contributed by atoms with Crippen molar-refractivity contribution in [3.05, 3.63) is 111 Å². The van der Waals surface area contributed by atoms with Crippen LogP contribution < -0.4 is 16.6 Å². The molecule has 0 saturated heterocycles. The van der Waals surface area contributed by atoms with Crippen LogP contribution in [0.1, 0.15) is 24.8 Å². The SMILES string of the molecule is O=C(CCCCn1c(=O)c2ccccc2n(Cc2cccc(F)c2)c1=O)Nc1ccccc1. The van der Waals surface area contributed by atoms with Crippen molar-refractivity contribution in [2.24, 2.45) is 0 Å². The van der Waals surface area contributed by atoms with Gasteiger partial charge in [-0.15, -0.1) is 0 Å². The van der Waals surface area contributed by atoms with Crippen LogP contribution in [0.15, 0.2) is 88.5 Å². The summed E-state index contributed by atoms with van der Waals surface area (Å²) in [5.41, 5.74) is 1.06. The zero-order valence-electron chi connectivity index (χ0n) is 18.0. The number of nitrogens with zero attached hydrogens (tertiary/aromatic N) is 2. The molecule has 0 atom stereocenters. The summed E-state index contributed by atoms with van der Waals surface area (Å²) in [6, 6.07) is 22.2. The number of rotatable bonds is 8. The first-order valence-electron chi connectivity index (χ1n) is 10.8. The van der Waals surface area contributed by atoms with E-state index in [0.29, 0.717) is 29.3 Å². The van der Waals surface area contributed by atoms with Crippen LogP contribution in [0.2, 0.25) is 0 Å². The number of aromatic nitrogens is 2. The number of hydrogen-bond donors (Lipinski definition) is 1. The van der Waals surface area contributed by atoms with E-state index in [1.807, 2.05) is 30.3 Å². The van der Waals surface area contributed by atoms with E-state index in [2.05, 4.69) is 5.32 Å². The first-order chi connectivity index (χ1) is 16.0. The lowest BCUT2D eigenvalue weighted by Crippen LogP contribution is -2.40. The molecule has 0 bridgehead atoms. The van der Waals surface area contributed by atoms with E-state index in [4.69, 9.17) is 0 Å². The van der Waals surface area contributed by atoms with Crippen LogP contribution in [0, 0.1) is 5.82 Å². The van der Waals surface area contributed by atoms with E-state index < -0.39 is 5.69 Å². The van der Waals surface area contributed by atoms with Gasteiger partial charge in [-0.2, -0.15) is 0 Å². The summed E-state index contributed by atoms with van der Waals surface area (Å²) in [7, 11) is 0. The molecule has 0 radical (unpaired) electrons. The van der Waals surface area contributed by atoms with E-state index in [9.17, 15) is 18.8 Å². The maximum Gasteiger partial charge on any atom is 0.331 e. The van der Waals surface area contributed by atoms with Crippen LogP contribution in [0.25, 0.3) is 10.9 Å². The summed E-state index contributed by atoms with van der Waals surface area (Å²) in [6.45, 7) is 0.348. The molecule has 4 aromatic rings. The number of benzene rings is 3. The van der Waals surface area contributed by atoms with Gasteiger partial charge in [-0.25, -0.2) is 9.18 Å². The third-order valence-corrected chi connectivity index (χ3v) is 5.46. The molecule has 4 rings (SSSR count). The lowest BCUT2D eigenvalue weighted by molar-refractivity contribution is -0.116. The average molecular weight is 445 g/mol. The number of anilines is 1. The highest BCUT2D eigenvalue weighted by molar-refractivity contribution is 5.90. The molecule has 33 heavy (non-hydrogen) atoms. The Morgan fingerprint density at radius 2 is 1.61 bits per heavy atom. The minimum Gasteiger partial charge on any atom is -0.326 e. The molecular weight excluding hydrogens is 421 g/mol. The van der Waals surface area contributed by atoms with Gasteiger partial charge in [0, 0.05) is 18.7 Å². The highest BCUT2D eigenvalue weighted by atomic mass is 19.1. The van der Waals surface area contributed by atoms with Crippen molar-refractivity contribution < 1.29 is 9.18 Å². The van der Waals surface area contributed by atoms with Gasteiger partial charge in [0.1, 0.15) is 5.82 Å². The predicted molar refractivity (Wildman–Crippen MR) is 127 cm³/mol. The van der Waals surface area contributed by atoms with Crippen molar-refractivity contribution in [1.29, 1.82) is 0 Å². The number of nitrogens with one attached hydrogen (secondary N) is 1. The molecule has 1 aromatic heterocycles. The van der Waals surface area contributed by atoms with Crippen LogP contribution in [-0.4, -0.2) is 15.0 Å². The standard InChI is InChI=1S/C26H24FN3O3/c27-20-10-8-9-19(17-20)18-30-23-14-5-4-13-22(23)25(32)29(26(30)33)16-7-6-15-24(31)28-21-11-2-1-3-12-21/h1-5,8-14,17H,6-7,15-16,18H2,(H,28,31). The number of amides is 1. The average Bonchev–Trinajstić information content (AvgIpc) is 2.82. The summed E-state index contributed by atoms with van der Waals surface area (Å²) in [6.07, 6.45) is 1.31. The van der Waals surface area contributed by atoms with Gasteiger partial charge in [0.2, 0.25) is 5.91 Å². The molecule has 3 aromatic carbocycles. The second kappa shape index (κ2) is 10.1. The van der Waals surface area contributed by atoms with Gasteiger partial charge in [0.25, 0.3) is 5.56 Å². The second-order valence-corrected chi connectivity index (χ2v) is 7.84. The zero-order valence-corrected chi connectivity index (χ0v) is 18.0. The molecular formula is C26H24FN3O3. The van der Waals surface area contributed by atoms with Gasteiger partial charge in [-0.1, -0.05) is 42.5 Å². The van der Waals surface area contributed by atoms with E-state index in [-0.39, 0.29) is 36.8 Å². The highest BCUT2D eigenvalue weighted by Crippen LogP contribution is 2.12. The zero-order chi connectivity index (χ0) is 23.2. The lowest BCUT2D eigenvalue weighted by atomic mass is 10.2. The third-order valence-electron chi connectivity index (χ3n) is 5.46. The summed E-state index contributed by atoms with van der Waals surface area (Å²) in [5, 5.41) is 3.25. The number of carbonyl (C=O) groups is 1. The number of fused-ring (bicyclic) bond motifs is 1. The van der Waals surface area contributed by atoms with Crippen molar-refractivity contribution in [3.63, 3.8) is 0 Å². The fraction of sp³-hybridized carbons (Fsp3) is 0.192. The molecule has 168 valence electrons. The van der Waals surface area contributed by atoms with E-state index in [1.165, 1.54) is 21.3 Å². The molecule has 6 nitrogen and oxygen atoms in total. The second-order valence-electron chi connectivity index (χ2n) is 7.84. The van der Waals surface area contributed by atoms with Gasteiger partial charge in [-0.3, -0.25) is 18.7 Å². The Morgan fingerprint density at radius 1 is 0.848 bits per heavy atom. The van der Waals surface area contributed by atoms with Gasteiger partial charge in [0.15, 0.2) is 0 Å². The summed E-state index contributed by atoms with van der Waals surface area (Å²) >= 11 is 0. The molecule has 0 spiro atoms. The molecule has 0 aliphatic carbocycles. The maximum absolute atomic E-state index is 13.7. The molecule has 7 heteroatoms. The lowest BCUT2D eigenvalue weighted by Gasteiger charge is -2.14. The van der Waals surface area contributed by atoms with E-state index in [0.717, 1.165) is 5.69 Å². The number of hydrogen-bond acceptors (Lipinski definition) is 3. The predicted octanol–water partition coefficient (Wildman–Crippen LogP) is 4.16. The van der Waals surface area contributed by atoms with E-state index >= 15 is 0 Å². The van der Waals surface area contributed by atoms with Gasteiger partial charge in [0.05, 0.1) is 17.4 Å². The maximum atomic E-state index is 13.7. The monoisotopic (exact) mass is 445 g/mol. The minimum absolute atomic E-state index is 0.115. The quantitative estimate of drug-likeness (QED) is 0.414. The first kappa shape index (κ1) is 22.2. The number of halogens is 1. The fourth-order valence-corrected chi connectivity index (χ4v) is 3.84. The van der Waals surface area contributed by atoms with Gasteiger partial charge in [-0.05, 0) is 54.8 Å². The minimum atomic E-state index is -0.448. The summed E-state index contributed by atoms with van der Waals surface area (Å²) < 4.78 is 16.4. The Balaban J connectivity index is 1.52. The van der Waals surface area contributed by atoms with Gasteiger partial charge < -0.3 is 5.32 Å². The molecule has 0 aliphatic heterocycles. The third kappa shape index (κ3) is 5.26. The van der Waals surface area contributed by atoms with Crippen molar-refractivity contribution >= 4 is 22.5 Å². The largest absolute Gasteiger partial charge is 0.331 e. The molecule has 0 unspecified atom stereocenters. The first-order valence-corrected chi connectivity index (χ1v) is 10.8. The van der Waals surface area contributed by atoms with Gasteiger partial charge >= 0.3 is 5.69 Å². The Kier molecular flexibility index (Phi) is 6.78. The van der Waals surface area contributed by atoms with Crippen molar-refractivity contribution in [2.75, 3.05) is 5.32 Å². The smallest absolute Gasteiger partial charge is 0.326 e. The van der Waals surface area contributed by atoms with Crippen molar-refractivity contribution in [1.82, 2.24) is 9.13 Å². The van der Waals surface area contributed by atoms with Crippen LogP contribution >= 0.6 is 0 Å². The Labute approximate surface area is 189 Å². The number of carbonyl (C=O) groups excluding carboxylic acids is 1. The normalized spacial score (nSPS) is 10.9. The van der Waals surface area contributed by atoms with Crippen molar-refractivity contribution in [3.8, 4) is 0 Å². The Morgan fingerprint density at radius 3 is 2.39 bits per heavy atom. The van der Waals surface area contributed by atoms with E-state index in [1.54, 1.807) is 36.4 Å².